The zero-order chi connectivity index (χ0) is 28.2. The Morgan fingerprint density at radius 2 is 1.54 bits per heavy atom. The van der Waals surface area contributed by atoms with Crippen LogP contribution >= 0.6 is 0 Å². The van der Waals surface area contributed by atoms with Crippen molar-refractivity contribution in [2.75, 3.05) is 20.3 Å². The third-order valence-electron chi connectivity index (χ3n) is 5.88. The molecule has 7 nitrogen and oxygen atoms in total. The molecule has 0 fully saturated rings. The smallest absolute Gasteiger partial charge is 0.416 e. The van der Waals surface area contributed by atoms with Crippen molar-refractivity contribution >= 4 is 22.8 Å². The first-order valence-corrected chi connectivity index (χ1v) is 12.2. The first-order valence-electron chi connectivity index (χ1n) is 12.2. The molecule has 1 heterocycles. The van der Waals surface area contributed by atoms with Crippen molar-refractivity contribution in [1.29, 1.82) is 0 Å². The fraction of sp³-hybridized carbons (Fsp3) is 0.241. The Bertz CT molecular complexity index is 1490. The van der Waals surface area contributed by atoms with E-state index in [1.807, 2.05) is 0 Å². The summed E-state index contributed by atoms with van der Waals surface area (Å²) in [5.74, 6) is -0.242. The van der Waals surface area contributed by atoms with Gasteiger partial charge in [0.2, 0.25) is 0 Å². The monoisotopic (exact) mass is 541 g/mol. The highest BCUT2D eigenvalue weighted by molar-refractivity contribution is 6.08. The predicted octanol–water partition coefficient (Wildman–Crippen LogP) is 6.73. The summed E-state index contributed by atoms with van der Waals surface area (Å²) in [5.41, 5.74) is 0.812. The van der Waals surface area contributed by atoms with Crippen LogP contribution < -0.4 is 9.47 Å². The minimum atomic E-state index is -4.47. The normalized spacial score (nSPS) is 11.3. The predicted molar refractivity (Wildman–Crippen MR) is 138 cm³/mol. The Balaban J connectivity index is 1.91. The highest BCUT2D eigenvalue weighted by atomic mass is 19.4. The van der Waals surface area contributed by atoms with Crippen LogP contribution in [0.5, 0.6) is 17.2 Å². The number of esters is 2. The van der Waals surface area contributed by atoms with Crippen molar-refractivity contribution in [3.05, 3.63) is 83.6 Å². The number of nitrogens with zero attached hydrogens (tertiary/aromatic N) is 1. The van der Waals surface area contributed by atoms with E-state index in [1.54, 1.807) is 60.9 Å². The Hall–Kier alpha value is -4.47. The third kappa shape index (κ3) is 5.84. The standard InChI is InChI=1S/C29H26F3NO6/c1-4-37-26(34)17-24-27(28(35)38-5-2)21-16-20(39-19-12-10-18(11-13-19)29(30,31)32)14-15-22(21)33(24)23-8-6-7-9-25(23)36-3/h6-16H,4-5,17H2,1-3H3. The zero-order valence-corrected chi connectivity index (χ0v) is 21.5. The summed E-state index contributed by atoms with van der Waals surface area (Å²) in [5, 5.41) is 0.420. The van der Waals surface area contributed by atoms with Crippen LogP contribution in [0.2, 0.25) is 0 Å². The van der Waals surface area contributed by atoms with Crippen molar-refractivity contribution in [2.45, 2.75) is 26.4 Å². The summed E-state index contributed by atoms with van der Waals surface area (Å²) in [4.78, 5) is 25.9. The topological polar surface area (TPSA) is 76.0 Å². The van der Waals surface area contributed by atoms with E-state index in [-0.39, 0.29) is 36.7 Å². The van der Waals surface area contributed by atoms with E-state index in [2.05, 4.69) is 0 Å². The van der Waals surface area contributed by atoms with Gasteiger partial charge in [-0.3, -0.25) is 4.79 Å². The number of halogens is 3. The molecule has 0 aliphatic rings. The Kier molecular flexibility index (Phi) is 8.13. The van der Waals surface area contributed by atoms with Crippen molar-refractivity contribution in [3.8, 4) is 22.9 Å². The number of benzene rings is 3. The van der Waals surface area contributed by atoms with E-state index in [0.717, 1.165) is 12.1 Å². The lowest BCUT2D eigenvalue weighted by Crippen LogP contribution is -2.16. The number of para-hydroxylation sites is 2. The molecule has 0 aliphatic carbocycles. The van der Waals surface area contributed by atoms with Crippen LogP contribution in [0.15, 0.2) is 66.7 Å². The number of carbonyl (C=O) groups excluding carboxylic acids is 2. The molecule has 0 saturated carbocycles. The minimum absolute atomic E-state index is 0.0980. The van der Waals surface area contributed by atoms with Gasteiger partial charge in [-0.15, -0.1) is 0 Å². The van der Waals surface area contributed by atoms with E-state index in [1.165, 1.54) is 19.2 Å². The Morgan fingerprint density at radius 1 is 0.872 bits per heavy atom. The Morgan fingerprint density at radius 3 is 2.18 bits per heavy atom. The van der Waals surface area contributed by atoms with Crippen molar-refractivity contribution in [2.24, 2.45) is 0 Å². The summed E-state index contributed by atoms with van der Waals surface area (Å²) in [6.07, 6.45) is -4.70. The maximum absolute atomic E-state index is 13.3. The van der Waals surface area contributed by atoms with Crippen LogP contribution in [0, 0.1) is 0 Å². The summed E-state index contributed by atoms with van der Waals surface area (Å²) in [7, 11) is 1.51. The molecule has 0 spiro atoms. The number of aromatic nitrogens is 1. The largest absolute Gasteiger partial charge is 0.495 e. The number of rotatable bonds is 9. The first kappa shape index (κ1) is 27.6. The van der Waals surface area contributed by atoms with Gasteiger partial charge in [-0.05, 0) is 68.4 Å². The molecular weight excluding hydrogens is 515 g/mol. The van der Waals surface area contributed by atoms with Gasteiger partial charge in [0.1, 0.15) is 17.2 Å². The molecule has 0 unspecified atom stereocenters. The molecule has 0 saturated heterocycles. The maximum atomic E-state index is 13.3. The van der Waals surface area contributed by atoms with Crippen LogP contribution in [-0.4, -0.2) is 36.8 Å². The second kappa shape index (κ2) is 11.5. The van der Waals surface area contributed by atoms with Crippen molar-refractivity contribution in [3.63, 3.8) is 0 Å². The molecule has 4 rings (SSSR count). The molecule has 0 N–H and O–H groups in total. The fourth-order valence-corrected chi connectivity index (χ4v) is 4.27. The van der Waals surface area contributed by atoms with Gasteiger partial charge >= 0.3 is 18.1 Å². The minimum Gasteiger partial charge on any atom is -0.495 e. The van der Waals surface area contributed by atoms with Crippen LogP contribution in [0.25, 0.3) is 16.6 Å². The van der Waals surface area contributed by atoms with Gasteiger partial charge in [-0.2, -0.15) is 13.2 Å². The molecule has 0 amide bonds. The molecule has 10 heteroatoms. The maximum Gasteiger partial charge on any atom is 0.416 e. The van der Waals surface area contributed by atoms with Gasteiger partial charge in [0.15, 0.2) is 0 Å². The average molecular weight is 542 g/mol. The van der Waals surface area contributed by atoms with E-state index in [9.17, 15) is 22.8 Å². The molecule has 0 atom stereocenters. The number of carbonyl (C=O) groups is 2. The van der Waals surface area contributed by atoms with Crippen LogP contribution in [0.1, 0.15) is 35.5 Å². The molecule has 0 aliphatic heterocycles. The average Bonchev–Trinajstić information content (AvgIpc) is 3.21. The molecule has 3 aromatic carbocycles. The second-order valence-corrected chi connectivity index (χ2v) is 8.33. The van der Waals surface area contributed by atoms with E-state index in [4.69, 9.17) is 18.9 Å². The van der Waals surface area contributed by atoms with Crippen molar-refractivity contribution < 1.29 is 41.7 Å². The fourth-order valence-electron chi connectivity index (χ4n) is 4.27. The quantitative estimate of drug-likeness (QED) is 0.219. The van der Waals surface area contributed by atoms with E-state index in [0.29, 0.717) is 28.0 Å². The van der Waals surface area contributed by atoms with Gasteiger partial charge in [0.05, 0.1) is 49.1 Å². The lowest BCUT2D eigenvalue weighted by Gasteiger charge is -2.15. The van der Waals surface area contributed by atoms with E-state index < -0.39 is 23.7 Å². The number of alkyl halides is 3. The Labute approximate surface area is 222 Å². The zero-order valence-electron chi connectivity index (χ0n) is 21.5. The summed E-state index contributed by atoms with van der Waals surface area (Å²) in [6, 6.07) is 16.3. The highest BCUT2D eigenvalue weighted by Crippen LogP contribution is 2.37. The third-order valence-corrected chi connectivity index (χ3v) is 5.88. The van der Waals surface area contributed by atoms with Gasteiger partial charge in [0, 0.05) is 11.1 Å². The van der Waals surface area contributed by atoms with E-state index >= 15 is 0 Å². The number of ether oxygens (including phenoxy) is 4. The molecule has 204 valence electrons. The molecule has 4 aromatic rings. The summed E-state index contributed by atoms with van der Waals surface area (Å²) >= 11 is 0. The number of fused-ring (bicyclic) bond motifs is 1. The van der Waals surface area contributed by atoms with Gasteiger partial charge in [-0.25, -0.2) is 4.79 Å². The second-order valence-electron chi connectivity index (χ2n) is 8.33. The SMILES string of the molecule is CCOC(=O)Cc1c(C(=O)OCC)c2cc(Oc3ccc(C(F)(F)F)cc3)ccc2n1-c1ccccc1OC. The van der Waals surface area contributed by atoms with Gasteiger partial charge in [0.25, 0.3) is 0 Å². The molecular formula is C29H26F3NO6. The molecule has 1 aromatic heterocycles. The van der Waals surface area contributed by atoms with Crippen LogP contribution in [0.3, 0.4) is 0 Å². The lowest BCUT2D eigenvalue weighted by molar-refractivity contribution is -0.142. The first-order chi connectivity index (χ1) is 18.7. The van der Waals surface area contributed by atoms with Gasteiger partial charge < -0.3 is 23.5 Å². The van der Waals surface area contributed by atoms with Gasteiger partial charge in [-0.1, -0.05) is 12.1 Å². The summed E-state index contributed by atoms with van der Waals surface area (Å²) < 4.78 is 62.5. The molecule has 39 heavy (non-hydrogen) atoms. The lowest BCUT2D eigenvalue weighted by atomic mass is 10.1. The van der Waals surface area contributed by atoms with Crippen LogP contribution in [0.4, 0.5) is 13.2 Å². The number of hydrogen-bond donors (Lipinski definition) is 0. The molecule has 0 radical (unpaired) electrons. The van der Waals surface area contributed by atoms with Crippen molar-refractivity contribution in [1.82, 2.24) is 4.57 Å². The highest BCUT2D eigenvalue weighted by Gasteiger charge is 2.30. The van der Waals surface area contributed by atoms with Crippen LogP contribution in [-0.2, 0) is 26.9 Å². The molecule has 0 bridgehead atoms. The number of hydrogen-bond acceptors (Lipinski definition) is 6. The number of methoxy groups -OCH3 is 1. The summed E-state index contributed by atoms with van der Waals surface area (Å²) in [6.45, 7) is 3.61.